The summed E-state index contributed by atoms with van der Waals surface area (Å²) >= 11 is 6.63. The fraction of sp³-hybridized carbons (Fsp3) is 0.667. The van der Waals surface area contributed by atoms with Gasteiger partial charge in [0.25, 0.3) is 10.0 Å². The quantitative estimate of drug-likeness (QED) is 0.850. The SMILES string of the molecule is CC1OCCC1N(C)S(=O)(=O)c1cnc(Cl)s1. The van der Waals surface area contributed by atoms with E-state index in [9.17, 15) is 8.42 Å². The van der Waals surface area contributed by atoms with E-state index in [0.29, 0.717) is 13.0 Å². The standard InChI is InChI=1S/C9H13ClN2O3S2/c1-6-7(3-4-15-6)12(2)17(13,14)8-5-11-9(10)16-8/h5-7H,3-4H2,1-2H3. The van der Waals surface area contributed by atoms with E-state index in [1.807, 2.05) is 6.92 Å². The van der Waals surface area contributed by atoms with Crippen molar-refractivity contribution in [3.8, 4) is 0 Å². The third kappa shape index (κ3) is 2.48. The van der Waals surface area contributed by atoms with E-state index in [1.165, 1.54) is 10.5 Å². The highest BCUT2D eigenvalue weighted by atomic mass is 35.5. The molecule has 2 atom stereocenters. The molecule has 2 heterocycles. The summed E-state index contributed by atoms with van der Waals surface area (Å²) in [6, 6.07) is -0.124. The van der Waals surface area contributed by atoms with Gasteiger partial charge in [-0.2, -0.15) is 4.31 Å². The molecule has 0 aliphatic carbocycles. The predicted molar refractivity (Wildman–Crippen MR) is 65.9 cm³/mol. The minimum atomic E-state index is -3.51. The summed E-state index contributed by atoms with van der Waals surface area (Å²) in [6.45, 7) is 2.47. The summed E-state index contributed by atoms with van der Waals surface area (Å²) in [6.07, 6.45) is 1.92. The Morgan fingerprint density at radius 3 is 2.82 bits per heavy atom. The summed E-state index contributed by atoms with van der Waals surface area (Å²) in [5.41, 5.74) is 0. The monoisotopic (exact) mass is 296 g/mol. The van der Waals surface area contributed by atoms with E-state index in [2.05, 4.69) is 4.98 Å². The van der Waals surface area contributed by atoms with Gasteiger partial charge in [0.15, 0.2) is 8.68 Å². The Morgan fingerprint density at radius 2 is 2.35 bits per heavy atom. The van der Waals surface area contributed by atoms with Gasteiger partial charge in [0.2, 0.25) is 0 Å². The number of ether oxygens (including phenoxy) is 1. The zero-order valence-electron chi connectivity index (χ0n) is 9.46. The summed E-state index contributed by atoms with van der Waals surface area (Å²) in [5, 5.41) is 0. The van der Waals surface area contributed by atoms with Gasteiger partial charge in [-0.15, -0.1) is 0 Å². The van der Waals surface area contributed by atoms with Crippen LogP contribution in [0, 0.1) is 0 Å². The second-order valence-corrected chi connectivity index (χ2v) is 7.72. The van der Waals surface area contributed by atoms with Crippen molar-refractivity contribution in [3.05, 3.63) is 10.7 Å². The van der Waals surface area contributed by atoms with Gasteiger partial charge in [-0.3, -0.25) is 0 Å². The molecule has 1 aromatic heterocycles. The number of nitrogens with zero attached hydrogens (tertiary/aromatic N) is 2. The number of thiazole rings is 1. The van der Waals surface area contributed by atoms with Crippen LogP contribution in [0.4, 0.5) is 0 Å². The first-order chi connectivity index (χ1) is 7.93. The van der Waals surface area contributed by atoms with Crippen molar-refractivity contribution in [2.45, 2.75) is 29.7 Å². The van der Waals surface area contributed by atoms with Gasteiger partial charge >= 0.3 is 0 Å². The van der Waals surface area contributed by atoms with Crippen LogP contribution in [0.25, 0.3) is 0 Å². The average molecular weight is 297 g/mol. The van der Waals surface area contributed by atoms with Crippen molar-refractivity contribution in [2.75, 3.05) is 13.7 Å². The second-order valence-electron chi connectivity index (χ2n) is 3.89. The molecule has 0 amide bonds. The summed E-state index contributed by atoms with van der Waals surface area (Å²) in [5.74, 6) is 0. The van der Waals surface area contributed by atoms with E-state index in [1.54, 1.807) is 7.05 Å². The minimum absolute atomic E-state index is 0.0850. The lowest BCUT2D eigenvalue weighted by molar-refractivity contribution is 0.102. The van der Waals surface area contributed by atoms with E-state index >= 15 is 0 Å². The average Bonchev–Trinajstić information content (AvgIpc) is 2.86. The number of halogens is 1. The Morgan fingerprint density at radius 1 is 1.65 bits per heavy atom. The smallest absolute Gasteiger partial charge is 0.254 e. The lowest BCUT2D eigenvalue weighted by atomic mass is 10.2. The number of rotatable bonds is 3. The van der Waals surface area contributed by atoms with Crippen molar-refractivity contribution in [1.82, 2.24) is 9.29 Å². The molecule has 1 aliphatic rings. The summed E-state index contributed by atoms with van der Waals surface area (Å²) in [7, 11) is -1.94. The molecule has 96 valence electrons. The molecule has 17 heavy (non-hydrogen) atoms. The third-order valence-electron chi connectivity index (χ3n) is 2.89. The van der Waals surface area contributed by atoms with Gasteiger partial charge in [0.05, 0.1) is 18.3 Å². The normalized spacial score (nSPS) is 25.6. The molecule has 1 aromatic rings. The Balaban J connectivity index is 2.26. The molecule has 1 saturated heterocycles. The van der Waals surface area contributed by atoms with E-state index in [-0.39, 0.29) is 20.8 Å². The Hall–Kier alpha value is -0.210. The first-order valence-corrected chi connectivity index (χ1v) is 7.77. The molecule has 0 bridgehead atoms. The van der Waals surface area contributed by atoms with Crippen LogP contribution in [-0.2, 0) is 14.8 Å². The summed E-state index contributed by atoms with van der Waals surface area (Å²) < 4.78 is 31.7. The van der Waals surface area contributed by atoms with Gasteiger partial charge in [-0.05, 0) is 13.3 Å². The number of aromatic nitrogens is 1. The Labute approximate surface area is 109 Å². The van der Waals surface area contributed by atoms with Crippen molar-refractivity contribution in [3.63, 3.8) is 0 Å². The van der Waals surface area contributed by atoms with Gasteiger partial charge < -0.3 is 4.74 Å². The zero-order valence-corrected chi connectivity index (χ0v) is 11.8. The molecule has 8 heteroatoms. The van der Waals surface area contributed by atoms with E-state index in [0.717, 1.165) is 11.3 Å². The number of hydrogen-bond acceptors (Lipinski definition) is 5. The minimum Gasteiger partial charge on any atom is -0.377 e. The maximum absolute atomic E-state index is 12.3. The highest BCUT2D eigenvalue weighted by molar-refractivity contribution is 7.91. The van der Waals surface area contributed by atoms with Crippen molar-refractivity contribution < 1.29 is 13.2 Å². The molecule has 1 fully saturated rings. The van der Waals surface area contributed by atoms with Crippen LogP contribution in [0.5, 0.6) is 0 Å². The topological polar surface area (TPSA) is 59.5 Å². The van der Waals surface area contributed by atoms with Crippen LogP contribution in [-0.4, -0.2) is 43.5 Å². The van der Waals surface area contributed by atoms with Crippen LogP contribution in [0.2, 0.25) is 4.47 Å². The van der Waals surface area contributed by atoms with Gasteiger partial charge in [-0.25, -0.2) is 13.4 Å². The maximum atomic E-state index is 12.3. The molecule has 0 radical (unpaired) electrons. The molecule has 0 saturated carbocycles. The number of likely N-dealkylation sites (N-methyl/N-ethyl adjacent to an activating group) is 1. The van der Waals surface area contributed by atoms with Crippen LogP contribution in [0.1, 0.15) is 13.3 Å². The van der Waals surface area contributed by atoms with Crippen molar-refractivity contribution in [2.24, 2.45) is 0 Å². The lowest BCUT2D eigenvalue weighted by Gasteiger charge is -2.25. The first-order valence-electron chi connectivity index (χ1n) is 5.14. The fourth-order valence-corrected chi connectivity index (χ4v) is 4.80. The second kappa shape index (κ2) is 4.81. The molecule has 2 rings (SSSR count). The molecular weight excluding hydrogens is 284 g/mol. The highest BCUT2D eigenvalue weighted by Crippen LogP contribution is 2.29. The summed E-state index contributed by atoms with van der Waals surface area (Å²) in [4.78, 5) is 3.76. The van der Waals surface area contributed by atoms with E-state index in [4.69, 9.17) is 16.3 Å². The van der Waals surface area contributed by atoms with Crippen molar-refractivity contribution >= 4 is 33.0 Å². The Kier molecular flexibility index (Phi) is 3.74. The molecule has 0 spiro atoms. The molecule has 0 aromatic carbocycles. The molecule has 2 unspecified atom stereocenters. The van der Waals surface area contributed by atoms with Gasteiger partial charge in [-0.1, -0.05) is 22.9 Å². The van der Waals surface area contributed by atoms with Crippen molar-refractivity contribution in [1.29, 1.82) is 0 Å². The molecule has 0 N–H and O–H groups in total. The lowest BCUT2D eigenvalue weighted by Crippen LogP contribution is -2.40. The molecular formula is C9H13ClN2O3S2. The third-order valence-corrected chi connectivity index (χ3v) is 6.33. The molecule has 5 nitrogen and oxygen atoms in total. The largest absolute Gasteiger partial charge is 0.377 e. The van der Waals surface area contributed by atoms with Gasteiger partial charge in [0.1, 0.15) is 0 Å². The number of sulfonamides is 1. The maximum Gasteiger partial charge on any atom is 0.254 e. The van der Waals surface area contributed by atoms with Crippen LogP contribution < -0.4 is 0 Å². The fourth-order valence-electron chi connectivity index (χ4n) is 1.88. The van der Waals surface area contributed by atoms with Crippen LogP contribution >= 0.6 is 22.9 Å². The molecule has 1 aliphatic heterocycles. The first kappa shape index (κ1) is 13.2. The van der Waals surface area contributed by atoms with E-state index < -0.39 is 10.0 Å². The van der Waals surface area contributed by atoms with Gasteiger partial charge in [0, 0.05) is 13.7 Å². The van der Waals surface area contributed by atoms with Crippen LogP contribution in [0.3, 0.4) is 0 Å². The van der Waals surface area contributed by atoms with Crippen LogP contribution in [0.15, 0.2) is 10.4 Å². The highest BCUT2D eigenvalue weighted by Gasteiger charge is 2.36. The number of hydrogen-bond donors (Lipinski definition) is 0. The Bertz CT molecular complexity index is 502. The predicted octanol–water partition coefficient (Wildman–Crippen LogP) is 1.59. The zero-order chi connectivity index (χ0) is 12.6.